The van der Waals surface area contributed by atoms with Crippen LogP contribution < -0.4 is 123 Å². The van der Waals surface area contributed by atoms with Crippen LogP contribution in [0.1, 0.15) is 25.7 Å². The first-order valence-corrected chi connectivity index (χ1v) is 6.16. The molecule has 0 aliphatic carbocycles. The van der Waals surface area contributed by atoms with Crippen LogP contribution in [0, 0.1) is 0 Å². The van der Waals surface area contributed by atoms with E-state index in [2.05, 4.69) is 0 Å². The zero-order valence-corrected chi connectivity index (χ0v) is 18.6. The molecule has 0 aromatic rings. The van der Waals surface area contributed by atoms with Gasteiger partial charge in [-0.3, -0.25) is 0 Å². The molecule has 0 radical (unpaired) electrons. The molecular weight excluding hydrogens is 334 g/mol. The molecule has 2 saturated heterocycles. The number of carboxylic acid groups (broad SMARTS) is 3. The van der Waals surface area contributed by atoms with E-state index in [0.29, 0.717) is 12.8 Å². The van der Waals surface area contributed by atoms with Crippen molar-refractivity contribution in [3.63, 3.8) is 0 Å². The summed E-state index contributed by atoms with van der Waals surface area (Å²) in [7, 11) is 0. The molecule has 10 heteroatoms. The van der Waals surface area contributed by atoms with E-state index in [1.165, 1.54) is 0 Å². The van der Waals surface area contributed by atoms with Crippen LogP contribution in [0.2, 0.25) is 0 Å². The largest absolute Gasteiger partial charge is 1.00 e. The minimum atomic E-state index is -1.43. The first kappa shape index (κ1) is 24.7. The predicted octanol–water partition coefficient (Wildman–Crippen LogP) is -11.0. The molecule has 2 rings (SSSR count). The van der Waals surface area contributed by atoms with E-state index in [1.807, 2.05) is 5.32 Å². The quantitative estimate of drug-likeness (QED) is 0.490. The van der Waals surface area contributed by atoms with Crippen molar-refractivity contribution in [2.75, 3.05) is 13.1 Å². The number of nitrogens with zero attached hydrogens (tertiary/aromatic N) is 1. The number of nitrogens with two attached hydrogens (primary N) is 1. The number of quaternary nitrogens is 1. The molecule has 0 aromatic heterocycles. The van der Waals surface area contributed by atoms with Crippen molar-refractivity contribution in [2.24, 2.45) is 0 Å². The Balaban J connectivity index is 0. The van der Waals surface area contributed by atoms with Crippen molar-refractivity contribution in [3.05, 3.63) is 0 Å². The maximum absolute atomic E-state index is 10.3. The SMILES string of the molecule is O=C([O-])C1CCCN1C(=O)[O-].O=C([O-])C1CCC[NH2+]1.[K+].[K+]. The van der Waals surface area contributed by atoms with Crippen LogP contribution in [0.15, 0.2) is 0 Å². The zero-order chi connectivity index (χ0) is 14.4. The summed E-state index contributed by atoms with van der Waals surface area (Å²) in [5.74, 6) is -2.26. The van der Waals surface area contributed by atoms with Crippen molar-refractivity contribution in [2.45, 2.75) is 37.8 Å². The van der Waals surface area contributed by atoms with Gasteiger partial charge < -0.3 is 39.9 Å². The Morgan fingerprint density at radius 2 is 1.57 bits per heavy atom. The van der Waals surface area contributed by atoms with E-state index < -0.39 is 24.1 Å². The van der Waals surface area contributed by atoms with Crippen LogP contribution in [0.25, 0.3) is 0 Å². The Kier molecular flexibility index (Phi) is 15.1. The summed E-state index contributed by atoms with van der Waals surface area (Å²) >= 11 is 0. The van der Waals surface area contributed by atoms with Gasteiger partial charge in [0, 0.05) is 19.4 Å². The number of amides is 1. The average Bonchev–Trinajstić information content (AvgIpc) is 3.01. The summed E-state index contributed by atoms with van der Waals surface area (Å²) in [5.41, 5.74) is 0. The van der Waals surface area contributed by atoms with E-state index in [0.717, 1.165) is 24.3 Å². The fourth-order valence-corrected chi connectivity index (χ4v) is 2.22. The van der Waals surface area contributed by atoms with Gasteiger partial charge in [0.25, 0.3) is 0 Å². The number of carboxylic acids is 2. The Morgan fingerprint density at radius 1 is 0.952 bits per heavy atom. The van der Waals surface area contributed by atoms with E-state index in [-0.39, 0.29) is 115 Å². The van der Waals surface area contributed by atoms with Crippen LogP contribution >= 0.6 is 0 Å². The topological polar surface area (TPSA) is 140 Å². The van der Waals surface area contributed by atoms with Gasteiger partial charge in [0.2, 0.25) is 0 Å². The van der Waals surface area contributed by atoms with Gasteiger partial charge in [-0.15, -0.1) is 0 Å². The molecule has 2 N–H and O–H groups in total. The number of hydrogen-bond donors (Lipinski definition) is 1. The Labute approximate surface area is 207 Å². The Hall–Kier alpha value is 1.44. The molecule has 2 aliphatic rings. The van der Waals surface area contributed by atoms with Gasteiger partial charge >= 0.3 is 103 Å². The molecule has 2 unspecified atom stereocenters. The van der Waals surface area contributed by atoms with Gasteiger partial charge in [-0.25, -0.2) is 0 Å². The van der Waals surface area contributed by atoms with Gasteiger partial charge in [-0.1, -0.05) is 0 Å². The van der Waals surface area contributed by atoms with E-state index in [4.69, 9.17) is 0 Å². The molecule has 2 heterocycles. The molecule has 2 atom stereocenters. The first-order valence-electron chi connectivity index (χ1n) is 6.16. The number of aliphatic carboxylic acids is 2. The smallest absolute Gasteiger partial charge is 0.548 e. The number of hydrogen-bond acceptors (Lipinski definition) is 6. The van der Waals surface area contributed by atoms with Crippen LogP contribution in [0.3, 0.4) is 0 Å². The molecule has 0 spiro atoms. The number of carbonyl (C=O) groups excluding carboxylic acids is 3. The van der Waals surface area contributed by atoms with Gasteiger partial charge in [0.15, 0.2) is 0 Å². The van der Waals surface area contributed by atoms with Crippen molar-refractivity contribution >= 4 is 18.0 Å². The first-order chi connectivity index (χ1) is 8.93. The third-order valence-electron chi connectivity index (χ3n) is 3.23. The van der Waals surface area contributed by atoms with Crippen LogP contribution in [-0.2, 0) is 9.59 Å². The fraction of sp³-hybridized carbons (Fsp3) is 0.727. The monoisotopic (exact) mass is 350 g/mol. The fourth-order valence-electron chi connectivity index (χ4n) is 2.22. The Bertz CT molecular complexity index is 343. The minimum Gasteiger partial charge on any atom is -0.548 e. The van der Waals surface area contributed by atoms with E-state index in [1.54, 1.807) is 0 Å². The molecule has 0 bridgehead atoms. The molecule has 8 nitrogen and oxygen atoms in total. The summed E-state index contributed by atoms with van der Waals surface area (Å²) in [5, 5.41) is 32.4. The maximum atomic E-state index is 10.3. The van der Waals surface area contributed by atoms with Crippen molar-refractivity contribution in [3.8, 4) is 0 Å². The van der Waals surface area contributed by atoms with Gasteiger partial charge in [-0.2, -0.15) is 0 Å². The average molecular weight is 350 g/mol. The van der Waals surface area contributed by atoms with Crippen LogP contribution in [0.5, 0.6) is 0 Å². The van der Waals surface area contributed by atoms with Crippen molar-refractivity contribution < 1.29 is 138 Å². The number of likely N-dealkylation sites (tertiary alicyclic amines) is 1. The Morgan fingerprint density at radius 3 is 1.86 bits per heavy atom. The molecular formula is C11H16K2N2O6. The molecule has 108 valence electrons. The summed E-state index contributed by atoms with van der Waals surface area (Å²) < 4.78 is 0. The summed E-state index contributed by atoms with van der Waals surface area (Å²) in [6.45, 7) is 1.18. The second kappa shape index (κ2) is 12.8. The molecule has 2 aliphatic heterocycles. The standard InChI is InChI=1S/C6H9NO4.C5H9NO2.2K/c8-5(9)4-2-1-3-7(4)6(10)11;7-5(8)4-2-1-3-6-4;;/h4H,1-3H2,(H,8,9)(H,10,11);4,6H,1-3H2,(H,7,8);;/q;;2*+1/p-2. The second-order valence-corrected chi connectivity index (χ2v) is 4.53. The summed E-state index contributed by atoms with van der Waals surface area (Å²) in [6, 6.07) is -1.25. The van der Waals surface area contributed by atoms with Crippen molar-refractivity contribution in [1.82, 2.24) is 4.90 Å². The minimum absolute atomic E-state index is 0. The molecule has 0 saturated carbocycles. The normalized spacial score (nSPS) is 23.1. The van der Waals surface area contributed by atoms with E-state index in [9.17, 15) is 29.7 Å². The third kappa shape index (κ3) is 8.75. The molecule has 2 fully saturated rings. The van der Waals surface area contributed by atoms with Crippen LogP contribution in [-0.4, -0.2) is 48.1 Å². The molecule has 21 heavy (non-hydrogen) atoms. The molecule has 1 amide bonds. The third-order valence-corrected chi connectivity index (χ3v) is 3.23. The molecule has 0 aromatic carbocycles. The predicted molar refractivity (Wildman–Crippen MR) is 55.0 cm³/mol. The van der Waals surface area contributed by atoms with Gasteiger partial charge in [0.1, 0.15) is 12.1 Å². The van der Waals surface area contributed by atoms with Crippen LogP contribution in [0.4, 0.5) is 4.79 Å². The van der Waals surface area contributed by atoms with Gasteiger partial charge in [-0.05, 0) is 12.8 Å². The second-order valence-electron chi connectivity index (χ2n) is 4.53. The number of rotatable bonds is 2. The summed E-state index contributed by atoms with van der Waals surface area (Å²) in [6.07, 6.45) is 1.25. The van der Waals surface area contributed by atoms with Gasteiger partial charge in [0.05, 0.1) is 24.5 Å². The van der Waals surface area contributed by atoms with Crippen molar-refractivity contribution in [1.29, 1.82) is 0 Å². The summed E-state index contributed by atoms with van der Waals surface area (Å²) in [4.78, 5) is 31.4. The number of carbonyl (C=O) groups is 3. The maximum Gasteiger partial charge on any atom is 1.00 e. The van der Waals surface area contributed by atoms with E-state index >= 15 is 0 Å². The zero-order valence-electron chi connectivity index (χ0n) is 12.4.